The fraction of sp³-hybridized carbons (Fsp3) is 0.368. The maximum absolute atomic E-state index is 12.7. The number of anilines is 3. The lowest BCUT2D eigenvalue weighted by Crippen LogP contribution is -2.30. The van der Waals surface area contributed by atoms with Crippen molar-refractivity contribution in [1.29, 1.82) is 0 Å². The second-order valence-electron chi connectivity index (χ2n) is 6.36. The lowest BCUT2D eigenvalue weighted by Gasteiger charge is -2.27. The van der Waals surface area contributed by atoms with Gasteiger partial charge in [-0.15, -0.1) is 0 Å². The van der Waals surface area contributed by atoms with Gasteiger partial charge in [-0.2, -0.15) is 0 Å². The minimum Gasteiger partial charge on any atom is -0.495 e. The van der Waals surface area contributed by atoms with Crippen LogP contribution in [0.25, 0.3) is 0 Å². The van der Waals surface area contributed by atoms with E-state index in [0.717, 1.165) is 31.7 Å². The molecule has 8 nitrogen and oxygen atoms in total. The number of rotatable bonds is 5. The first-order valence-corrected chi connectivity index (χ1v) is 8.91. The van der Waals surface area contributed by atoms with Crippen molar-refractivity contribution in [3.8, 4) is 5.75 Å². The molecule has 0 bridgehead atoms. The van der Waals surface area contributed by atoms with Crippen LogP contribution in [-0.2, 0) is 4.79 Å². The Bertz CT molecular complexity index is 834. The molecule has 0 saturated carbocycles. The van der Waals surface area contributed by atoms with E-state index in [4.69, 9.17) is 4.74 Å². The first kappa shape index (κ1) is 18.6. The summed E-state index contributed by atoms with van der Waals surface area (Å²) >= 11 is 0. The normalized spacial score (nSPS) is 13.8. The van der Waals surface area contributed by atoms with E-state index < -0.39 is 0 Å². The molecule has 2 amide bonds. The summed E-state index contributed by atoms with van der Waals surface area (Å²) in [5.41, 5.74) is 1.29. The van der Waals surface area contributed by atoms with Crippen LogP contribution in [0.15, 0.2) is 30.6 Å². The number of piperidine rings is 1. The number of carbonyl (C=O) groups excluding carboxylic acids is 2. The average Bonchev–Trinajstić information content (AvgIpc) is 2.68. The van der Waals surface area contributed by atoms with Crippen LogP contribution in [0.5, 0.6) is 5.75 Å². The van der Waals surface area contributed by atoms with E-state index in [1.165, 1.54) is 26.8 Å². The number of benzene rings is 1. The Morgan fingerprint density at radius 1 is 1.07 bits per heavy atom. The fourth-order valence-electron chi connectivity index (χ4n) is 3.04. The van der Waals surface area contributed by atoms with E-state index in [1.807, 2.05) is 0 Å². The molecule has 2 N–H and O–H groups in total. The Morgan fingerprint density at radius 2 is 1.85 bits per heavy atom. The van der Waals surface area contributed by atoms with Gasteiger partial charge in [-0.3, -0.25) is 9.59 Å². The quantitative estimate of drug-likeness (QED) is 0.841. The molecule has 1 saturated heterocycles. The minimum atomic E-state index is -0.367. The zero-order chi connectivity index (χ0) is 19.2. The third kappa shape index (κ3) is 4.72. The molecule has 3 rings (SSSR count). The lowest BCUT2D eigenvalue weighted by atomic mass is 10.1. The van der Waals surface area contributed by atoms with E-state index in [2.05, 4.69) is 25.5 Å². The van der Waals surface area contributed by atoms with Gasteiger partial charge in [-0.1, -0.05) is 0 Å². The molecule has 0 atom stereocenters. The van der Waals surface area contributed by atoms with Crippen molar-refractivity contribution >= 4 is 29.0 Å². The Hall–Kier alpha value is -3.16. The number of nitrogens with one attached hydrogen (secondary N) is 2. The SMILES string of the molecule is COc1ccc(NC(C)=O)cc1NC(=O)c1cc(N2CCCCC2)ncn1. The van der Waals surface area contributed by atoms with Gasteiger partial charge >= 0.3 is 0 Å². The van der Waals surface area contributed by atoms with Crippen molar-refractivity contribution in [2.45, 2.75) is 26.2 Å². The predicted octanol–water partition coefficient (Wildman–Crippen LogP) is 2.69. The number of amides is 2. The summed E-state index contributed by atoms with van der Waals surface area (Å²) in [4.78, 5) is 34.5. The van der Waals surface area contributed by atoms with Crippen molar-refractivity contribution < 1.29 is 14.3 Å². The Morgan fingerprint density at radius 3 is 2.56 bits per heavy atom. The van der Waals surface area contributed by atoms with Crippen LogP contribution in [0, 0.1) is 0 Å². The van der Waals surface area contributed by atoms with Gasteiger partial charge in [0.15, 0.2) is 0 Å². The van der Waals surface area contributed by atoms with Gasteiger partial charge in [-0.25, -0.2) is 9.97 Å². The highest BCUT2D eigenvalue weighted by atomic mass is 16.5. The molecule has 0 unspecified atom stereocenters. The summed E-state index contributed by atoms with van der Waals surface area (Å²) in [6, 6.07) is 6.73. The van der Waals surface area contributed by atoms with Crippen molar-refractivity contribution in [2.75, 3.05) is 35.7 Å². The molecule has 1 fully saturated rings. The molecule has 0 aliphatic carbocycles. The third-order valence-electron chi connectivity index (χ3n) is 4.33. The Kier molecular flexibility index (Phi) is 5.85. The molecule has 1 aliphatic heterocycles. The minimum absolute atomic E-state index is 0.195. The number of hydrogen-bond acceptors (Lipinski definition) is 6. The lowest BCUT2D eigenvalue weighted by molar-refractivity contribution is -0.114. The first-order valence-electron chi connectivity index (χ1n) is 8.91. The first-order chi connectivity index (χ1) is 13.1. The van der Waals surface area contributed by atoms with Crippen LogP contribution in [0.4, 0.5) is 17.2 Å². The number of ether oxygens (including phenoxy) is 1. The maximum Gasteiger partial charge on any atom is 0.274 e. The van der Waals surface area contributed by atoms with Gasteiger partial charge < -0.3 is 20.3 Å². The number of methoxy groups -OCH3 is 1. The largest absolute Gasteiger partial charge is 0.495 e. The number of hydrogen-bond donors (Lipinski definition) is 2. The Labute approximate surface area is 158 Å². The molecule has 142 valence electrons. The molecule has 1 aromatic carbocycles. The zero-order valence-electron chi connectivity index (χ0n) is 15.5. The van der Waals surface area contributed by atoms with Crippen LogP contribution in [0.1, 0.15) is 36.7 Å². The van der Waals surface area contributed by atoms with Crippen molar-refractivity contribution in [1.82, 2.24) is 9.97 Å². The topological polar surface area (TPSA) is 96.5 Å². The summed E-state index contributed by atoms with van der Waals surface area (Å²) in [5, 5.41) is 5.48. The van der Waals surface area contributed by atoms with Gasteiger partial charge in [0.05, 0.1) is 12.8 Å². The van der Waals surface area contributed by atoms with Crippen LogP contribution in [-0.4, -0.2) is 42.0 Å². The summed E-state index contributed by atoms with van der Waals surface area (Å²) < 4.78 is 5.29. The molecule has 0 radical (unpaired) electrons. The highest BCUT2D eigenvalue weighted by Crippen LogP contribution is 2.28. The number of carbonyl (C=O) groups is 2. The third-order valence-corrected chi connectivity index (χ3v) is 4.33. The van der Waals surface area contributed by atoms with Crippen LogP contribution >= 0.6 is 0 Å². The molecule has 1 aliphatic rings. The highest BCUT2D eigenvalue weighted by molar-refractivity contribution is 6.04. The molecule has 2 heterocycles. The maximum atomic E-state index is 12.7. The molecular weight excluding hydrogens is 346 g/mol. The Balaban J connectivity index is 1.79. The molecule has 27 heavy (non-hydrogen) atoms. The summed E-state index contributed by atoms with van der Waals surface area (Å²) in [7, 11) is 1.52. The van der Waals surface area contributed by atoms with Crippen LogP contribution in [0.3, 0.4) is 0 Å². The van der Waals surface area contributed by atoms with Gasteiger partial charge in [-0.05, 0) is 37.5 Å². The predicted molar refractivity (Wildman–Crippen MR) is 103 cm³/mol. The average molecular weight is 369 g/mol. The monoisotopic (exact) mass is 369 g/mol. The van der Waals surface area contributed by atoms with Crippen molar-refractivity contribution in [2.24, 2.45) is 0 Å². The molecule has 1 aromatic heterocycles. The van der Waals surface area contributed by atoms with Crippen LogP contribution < -0.4 is 20.3 Å². The smallest absolute Gasteiger partial charge is 0.274 e. The van der Waals surface area contributed by atoms with Crippen LogP contribution in [0.2, 0.25) is 0 Å². The van der Waals surface area contributed by atoms with Crippen molar-refractivity contribution in [3.63, 3.8) is 0 Å². The van der Waals surface area contributed by atoms with E-state index in [0.29, 0.717) is 17.1 Å². The standard InChI is InChI=1S/C19H23N5O3/c1-13(25)22-14-6-7-17(27-2)15(10-14)23-19(26)16-11-18(21-12-20-16)24-8-4-3-5-9-24/h6-7,10-12H,3-5,8-9H2,1-2H3,(H,22,25)(H,23,26). The van der Waals surface area contributed by atoms with Crippen molar-refractivity contribution in [3.05, 3.63) is 36.3 Å². The zero-order valence-corrected chi connectivity index (χ0v) is 15.5. The molecular formula is C19H23N5O3. The second kappa shape index (κ2) is 8.48. The van der Waals surface area contributed by atoms with Gasteiger partial charge in [0.2, 0.25) is 5.91 Å². The van der Waals surface area contributed by atoms with E-state index in [1.54, 1.807) is 24.3 Å². The van der Waals surface area contributed by atoms with E-state index in [-0.39, 0.29) is 17.5 Å². The summed E-state index contributed by atoms with van der Waals surface area (Å²) in [6.45, 7) is 3.29. The number of aromatic nitrogens is 2. The van der Waals surface area contributed by atoms with Gasteiger partial charge in [0.1, 0.15) is 23.6 Å². The number of nitrogens with zero attached hydrogens (tertiary/aromatic N) is 3. The van der Waals surface area contributed by atoms with E-state index >= 15 is 0 Å². The van der Waals surface area contributed by atoms with Gasteiger partial charge in [0, 0.05) is 31.8 Å². The summed E-state index contributed by atoms with van der Waals surface area (Å²) in [5.74, 6) is 0.685. The van der Waals surface area contributed by atoms with E-state index in [9.17, 15) is 9.59 Å². The molecule has 8 heteroatoms. The van der Waals surface area contributed by atoms with Gasteiger partial charge in [0.25, 0.3) is 5.91 Å². The second-order valence-corrected chi connectivity index (χ2v) is 6.36. The fourth-order valence-corrected chi connectivity index (χ4v) is 3.04. The molecule has 2 aromatic rings. The highest BCUT2D eigenvalue weighted by Gasteiger charge is 2.17. The summed E-state index contributed by atoms with van der Waals surface area (Å²) in [6.07, 6.45) is 4.88. The molecule has 0 spiro atoms.